The molecule has 1 N–H and O–H groups in total. The smallest absolute Gasteiger partial charge is 0.239 e. The van der Waals surface area contributed by atoms with Crippen molar-refractivity contribution in [2.75, 3.05) is 40.8 Å². The van der Waals surface area contributed by atoms with Crippen LogP contribution < -0.4 is 10.1 Å². The number of carbonyl (C=O) groups is 2. The summed E-state index contributed by atoms with van der Waals surface area (Å²) in [6.07, 6.45) is 3.14. The Bertz CT molecular complexity index is 589. The highest BCUT2D eigenvalue weighted by molar-refractivity contribution is 5.81. The third-order valence-corrected chi connectivity index (χ3v) is 4.58. The van der Waals surface area contributed by atoms with E-state index in [2.05, 4.69) is 10.2 Å². The van der Waals surface area contributed by atoms with Gasteiger partial charge in [-0.3, -0.25) is 14.5 Å². The van der Waals surface area contributed by atoms with Crippen molar-refractivity contribution in [3.05, 3.63) is 29.8 Å². The van der Waals surface area contributed by atoms with Gasteiger partial charge in [-0.15, -0.1) is 0 Å². The summed E-state index contributed by atoms with van der Waals surface area (Å²) in [6.45, 7) is 2.41. The van der Waals surface area contributed by atoms with Crippen molar-refractivity contribution in [3.63, 3.8) is 0 Å². The molecule has 0 radical (unpaired) electrons. The third-order valence-electron chi connectivity index (χ3n) is 4.58. The molecule has 0 aliphatic carbocycles. The third kappa shape index (κ3) is 5.46. The Morgan fingerprint density at radius 1 is 1.32 bits per heavy atom. The number of likely N-dealkylation sites (tertiary alicyclic amines) is 1. The van der Waals surface area contributed by atoms with E-state index in [0.29, 0.717) is 13.0 Å². The monoisotopic (exact) mass is 347 g/mol. The van der Waals surface area contributed by atoms with E-state index in [-0.39, 0.29) is 17.9 Å². The number of carbonyl (C=O) groups excluding carboxylic acids is 2. The van der Waals surface area contributed by atoms with E-state index >= 15 is 0 Å². The zero-order valence-corrected chi connectivity index (χ0v) is 15.5. The summed E-state index contributed by atoms with van der Waals surface area (Å²) in [5, 5.41) is 2.96. The number of likely N-dealkylation sites (N-methyl/N-ethyl adjacent to an activating group) is 1. The zero-order chi connectivity index (χ0) is 18.2. The second-order valence-corrected chi connectivity index (χ2v) is 6.62. The van der Waals surface area contributed by atoms with Gasteiger partial charge in [-0.05, 0) is 31.9 Å². The number of rotatable bonds is 8. The molecular weight excluding hydrogens is 318 g/mol. The van der Waals surface area contributed by atoms with Crippen LogP contribution in [0.15, 0.2) is 24.3 Å². The number of nitrogens with one attached hydrogen (secondary N) is 1. The molecule has 25 heavy (non-hydrogen) atoms. The quantitative estimate of drug-likeness (QED) is 0.720. The predicted octanol–water partition coefficient (Wildman–Crippen LogP) is 1.30. The Balaban J connectivity index is 1.72. The highest BCUT2D eigenvalue weighted by atomic mass is 16.5. The molecule has 6 heteroatoms. The van der Waals surface area contributed by atoms with Crippen molar-refractivity contribution in [3.8, 4) is 5.75 Å². The summed E-state index contributed by atoms with van der Waals surface area (Å²) in [5.41, 5.74) is 0.888. The Kier molecular flexibility index (Phi) is 7.25. The summed E-state index contributed by atoms with van der Waals surface area (Å²) >= 11 is 0. The molecule has 138 valence electrons. The Morgan fingerprint density at radius 2 is 2.08 bits per heavy atom. The summed E-state index contributed by atoms with van der Waals surface area (Å²) in [4.78, 5) is 28.2. The van der Waals surface area contributed by atoms with Crippen LogP contribution in [0.2, 0.25) is 0 Å². The summed E-state index contributed by atoms with van der Waals surface area (Å²) in [6, 6.07) is 7.56. The summed E-state index contributed by atoms with van der Waals surface area (Å²) in [5.74, 6) is 0.907. The molecule has 2 rings (SSSR count). The minimum absolute atomic E-state index is 0.000665. The van der Waals surface area contributed by atoms with Crippen molar-refractivity contribution in [1.82, 2.24) is 15.1 Å². The van der Waals surface area contributed by atoms with E-state index in [1.165, 1.54) is 0 Å². The number of para-hydroxylation sites is 1. The van der Waals surface area contributed by atoms with Gasteiger partial charge in [0.2, 0.25) is 11.8 Å². The molecule has 6 nitrogen and oxygen atoms in total. The lowest BCUT2D eigenvalue weighted by molar-refractivity contribution is -0.133. The summed E-state index contributed by atoms with van der Waals surface area (Å²) in [7, 11) is 5.21. The standard InChI is InChI=1S/C19H29N3O3/c1-21(2)19(24)16-9-6-12-22(16)13-7-11-20-18(23)14-15-8-4-5-10-17(15)25-3/h4-5,8,10,16H,6-7,9,11-14H2,1-3H3,(H,20,23)/t16-/m0/s1. The zero-order valence-electron chi connectivity index (χ0n) is 15.5. The topological polar surface area (TPSA) is 61.9 Å². The van der Waals surface area contributed by atoms with E-state index in [4.69, 9.17) is 4.74 Å². The van der Waals surface area contributed by atoms with Crippen LogP contribution >= 0.6 is 0 Å². The predicted molar refractivity (Wildman–Crippen MR) is 97.6 cm³/mol. The number of nitrogens with zero attached hydrogens (tertiary/aromatic N) is 2. The fourth-order valence-electron chi connectivity index (χ4n) is 3.27. The number of hydrogen-bond acceptors (Lipinski definition) is 4. The second-order valence-electron chi connectivity index (χ2n) is 6.62. The lowest BCUT2D eigenvalue weighted by Crippen LogP contribution is -2.43. The minimum atomic E-state index is -0.00756. The second kappa shape index (κ2) is 9.42. The molecule has 1 aliphatic heterocycles. The van der Waals surface area contributed by atoms with Gasteiger partial charge in [0.15, 0.2) is 0 Å². The molecule has 0 unspecified atom stereocenters. The van der Waals surface area contributed by atoms with Gasteiger partial charge >= 0.3 is 0 Å². The normalized spacial score (nSPS) is 17.3. The molecule has 2 amide bonds. The van der Waals surface area contributed by atoms with Crippen LogP contribution in [0, 0.1) is 0 Å². The van der Waals surface area contributed by atoms with Gasteiger partial charge in [0.25, 0.3) is 0 Å². The molecule has 0 bridgehead atoms. The molecular formula is C19H29N3O3. The van der Waals surface area contributed by atoms with Gasteiger partial charge < -0.3 is 15.0 Å². The van der Waals surface area contributed by atoms with Crippen molar-refractivity contribution in [2.24, 2.45) is 0 Å². The number of hydrogen-bond donors (Lipinski definition) is 1. The van der Waals surface area contributed by atoms with Gasteiger partial charge in [0.1, 0.15) is 5.75 Å². The summed E-state index contributed by atoms with van der Waals surface area (Å²) < 4.78 is 5.27. The number of ether oxygens (including phenoxy) is 1. The first-order chi connectivity index (χ1) is 12.0. The fraction of sp³-hybridized carbons (Fsp3) is 0.579. The van der Waals surface area contributed by atoms with Crippen molar-refractivity contribution in [1.29, 1.82) is 0 Å². The van der Waals surface area contributed by atoms with Crippen molar-refractivity contribution in [2.45, 2.75) is 31.7 Å². The lowest BCUT2D eigenvalue weighted by Gasteiger charge is -2.26. The van der Waals surface area contributed by atoms with Crippen LogP contribution in [0.5, 0.6) is 5.75 Å². The molecule has 1 heterocycles. The van der Waals surface area contributed by atoms with Crippen molar-refractivity contribution < 1.29 is 14.3 Å². The van der Waals surface area contributed by atoms with Gasteiger partial charge in [0.05, 0.1) is 19.6 Å². The Labute approximate surface area is 150 Å². The van der Waals surface area contributed by atoms with Crippen LogP contribution in [-0.4, -0.2) is 68.5 Å². The fourth-order valence-corrected chi connectivity index (χ4v) is 3.27. The van der Waals surface area contributed by atoms with E-state index < -0.39 is 0 Å². The highest BCUT2D eigenvalue weighted by Crippen LogP contribution is 2.19. The molecule has 1 aromatic carbocycles. The van der Waals surface area contributed by atoms with Gasteiger partial charge in [-0.2, -0.15) is 0 Å². The number of methoxy groups -OCH3 is 1. The first-order valence-corrected chi connectivity index (χ1v) is 8.86. The largest absolute Gasteiger partial charge is 0.496 e. The SMILES string of the molecule is COc1ccccc1CC(=O)NCCCN1CCC[C@H]1C(=O)N(C)C. The Hall–Kier alpha value is -2.08. The lowest BCUT2D eigenvalue weighted by atomic mass is 10.1. The van der Waals surface area contributed by atoms with E-state index in [1.54, 1.807) is 26.1 Å². The molecule has 1 saturated heterocycles. The molecule has 1 fully saturated rings. The van der Waals surface area contributed by atoms with Gasteiger partial charge in [-0.1, -0.05) is 18.2 Å². The molecule has 0 spiro atoms. The van der Waals surface area contributed by atoms with E-state index in [9.17, 15) is 9.59 Å². The van der Waals surface area contributed by atoms with Crippen LogP contribution in [0.1, 0.15) is 24.8 Å². The van der Waals surface area contributed by atoms with Crippen LogP contribution in [-0.2, 0) is 16.0 Å². The molecule has 0 aromatic heterocycles. The Morgan fingerprint density at radius 3 is 2.80 bits per heavy atom. The molecule has 1 aromatic rings. The first kappa shape index (κ1) is 19.2. The minimum Gasteiger partial charge on any atom is -0.496 e. The van der Waals surface area contributed by atoms with E-state index in [1.807, 2.05) is 24.3 Å². The maximum Gasteiger partial charge on any atom is 0.239 e. The molecule has 1 atom stereocenters. The van der Waals surface area contributed by atoms with Crippen LogP contribution in [0.4, 0.5) is 0 Å². The van der Waals surface area contributed by atoms with Gasteiger partial charge in [0, 0.05) is 32.7 Å². The maximum atomic E-state index is 12.2. The maximum absolute atomic E-state index is 12.2. The van der Waals surface area contributed by atoms with Crippen LogP contribution in [0.3, 0.4) is 0 Å². The molecule has 0 saturated carbocycles. The van der Waals surface area contributed by atoms with Crippen LogP contribution in [0.25, 0.3) is 0 Å². The van der Waals surface area contributed by atoms with Gasteiger partial charge in [-0.25, -0.2) is 0 Å². The van der Waals surface area contributed by atoms with E-state index in [0.717, 1.165) is 43.7 Å². The average molecular weight is 347 g/mol. The number of amides is 2. The average Bonchev–Trinajstić information content (AvgIpc) is 3.06. The highest BCUT2D eigenvalue weighted by Gasteiger charge is 2.30. The number of benzene rings is 1. The molecule has 1 aliphatic rings. The first-order valence-electron chi connectivity index (χ1n) is 8.86. The van der Waals surface area contributed by atoms with Crippen molar-refractivity contribution >= 4 is 11.8 Å².